The third-order valence-electron chi connectivity index (χ3n) is 5.38. The van der Waals surface area contributed by atoms with E-state index >= 15 is 0 Å². The molecule has 0 bridgehead atoms. The Hall–Kier alpha value is -2.22. The van der Waals surface area contributed by atoms with E-state index in [9.17, 15) is 19.2 Å². The van der Waals surface area contributed by atoms with Crippen molar-refractivity contribution in [2.45, 2.75) is 52.4 Å². The molecule has 7 nitrogen and oxygen atoms in total. The van der Waals surface area contributed by atoms with E-state index in [0.717, 1.165) is 42.5 Å². The van der Waals surface area contributed by atoms with Gasteiger partial charge in [0.1, 0.15) is 0 Å². The first kappa shape index (κ1) is 19.5. The van der Waals surface area contributed by atoms with Gasteiger partial charge in [-0.2, -0.15) is 0 Å². The van der Waals surface area contributed by atoms with Gasteiger partial charge in [-0.15, -0.1) is 11.3 Å². The molecule has 0 spiro atoms. The number of amides is 4. The maximum Gasteiger partial charge on any atom is 0.279 e. The first-order valence-electron chi connectivity index (χ1n) is 9.46. The second kappa shape index (κ2) is 8.21. The van der Waals surface area contributed by atoms with E-state index < -0.39 is 5.91 Å². The average Bonchev–Trinajstić information content (AvgIpc) is 3.16. The third-order valence-corrected chi connectivity index (χ3v) is 6.76. The number of hydrogen-bond donors (Lipinski definition) is 2. The summed E-state index contributed by atoms with van der Waals surface area (Å²) in [5.41, 5.74) is 5.82. The zero-order chi connectivity index (χ0) is 19.6. The van der Waals surface area contributed by atoms with Gasteiger partial charge in [-0.1, -0.05) is 19.8 Å². The number of nitrogens with zero attached hydrogens (tertiary/aromatic N) is 1. The first-order chi connectivity index (χ1) is 12.9. The summed E-state index contributed by atoms with van der Waals surface area (Å²) in [6.07, 6.45) is 4.30. The Morgan fingerprint density at radius 3 is 2.33 bits per heavy atom. The fraction of sp³-hybridized carbons (Fsp3) is 0.579. The minimum absolute atomic E-state index is 0.0269. The average molecular weight is 391 g/mol. The van der Waals surface area contributed by atoms with Gasteiger partial charge < -0.3 is 0 Å². The number of carbonyl (C=O) groups excluding carboxylic acids is 4. The van der Waals surface area contributed by atoms with Crippen molar-refractivity contribution in [1.29, 1.82) is 0 Å². The highest BCUT2D eigenvalue weighted by Gasteiger charge is 2.47. The number of carbonyl (C=O) groups is 4. The van der Waals surface area contributed by atoms with Crippen LogP contribution in [0.5, 0.6) is 0 Å². The maximum atomic E-state index is 12.4. The highest BCUT2D eigenvalue weighted by molar-refractivity contribution is 7.14. The Bertz CT molecular complexity index is 749. The summed E-state index contributed by atoms with van der Waals surface area (Å²) in [6.45, 7) is 4.04. The molecule has 1 saturated carbocycles. The van der Waals surface area contributed by atoms with E-state index in [0.29, 0.717) is 4.88 Å². The number of imide groups is 1. The molecule has 1 aromatic heterocycles. The van der Waals surface area contributed by atoms with Gasteiger partial charge in [-0.05, 0) is 37.8 Å². The maximum absolute atomic E-state index is 12.4. The molecule has 146 valence electrons. The van der Waals surface area contributed by atoms with Gasteiger partial charge in [0.15, 0.2) is 0 Å². The second-order valence-electron chi connectivity index (χ2n) is 7.15. The minimum atomic E-state index is -0.428. The van der Waals surface area contributed by atoms with E-state index in [1.54, 1.807) is 6.07 Å². The molecule has 1 aromatic rings. The molecule has 1 aliphatic heterocycles. The topological polar surface area (TPSA) is 95.6 Å². The SMILES string of the molecule is CCc1sc(C(=O)NNC(=O)CCN2C(=O)[C@H]3CCCC[C@H]3C2=O)cc1C. The normalized spacial score (nSPS) is 21.9. The zero-order valence-electron chi connectivity index (χ0n) is 15.7. The van der Waals surface area contributed by atoms with Crippen molar-refractivity contribution in [3.8, 4) is 0 Å². The zero-order valence-corrected chi connectivity index (χ0v) is 16.5. The molecule has 8 heteroatoms. The Kier molecular flexibility index (Phi) is 5.94. The minimum Gasteiger partial charge on any atom is -0.282 e. The van der Waals surface area contributed by atoms with Crippen LogP contribution in [0.2, 0.25) is 0 Å². The largest absolute Gasteiger partial charge is 0.282 e. The van der Waals surface area contributed by atoms with Crippen molar-refractivity contribution >= 4 is 35.0 Å². The smallest absolute Gasteiger partial charge is 0.279 e. The van der Waals surface area contributed by atoms with Crippen LogP contribution in [0.25, 0.3) is 0 Å². The number of thiophene rings is 1. The molecule has 2 fully saturated rings. The molecule has 4 amide bonds. The van der Waals surface area contributed by atoms with Gasteiger partial charge in [0, 0.05) is 17.8 Å². The predicted molar refractivity (Wildman–Crippen MR) is 101 cm³/mol. The van der Waals surface area contributed by atoms with Crippen LogP contribution < -0.4 is 10.9 Å². The highest BCUT2D eigenvalue weighted by Crippen LogP contribution is 2.37. The van der Waals surface area contributed by atoms with Crippen LogP contribution in [0.15, 0.2) is 6.07 Å². The summed E-state index contributed by atoms with van der Waals surface area (Å²) in [7, 11) is 0. The lowest BCUT2D eigenvalue weighted by molar-refractivity contribution is -0.140. The molecule has 2 N–H and O–H groups in total. The van der Waals surface area contributed by atoms with Crippen molar-refractivity contribution in [1.82, 2.24) is 15.8 Å². The summed E-state index contributed by atoms with van der Waals surface area (Å²) in [5.74, 6) is -1.50. The molecule has 0 unspecified atom stereocenters. The Morgan fingerprint density at radius 1 is 1.15 bits per heavy atom. The van der Waals surface area contributed by atoms with E-state index in [2.05, 4.69) is 10.9 Å². The molecule has 3 rings (SSSR count). The number of likely N-dealkylation sites (tertiary alicyclic amines) is 1. The second-order valence-corrected chi connectivity index (χ2v) is 8.28. The summed E-state index contributed by atoms with van der Waals surface area (Å²) in [5, 5.41) is 0. The Balaban J connectivity index is 1.47. The van der Waals surface area contributed by atoms with E-state index in [4.69, 9.17) is 0 Å². The lowest BCUT2D eigenvalue weighted by atomic mass is 9.81. The number of aryl methyl sites for hydroxylation is 2. The molecule has 0 aromatic carbocycles. The highest BCUT2D eigenvalue weighted by atomic mass is 32.1. The van der Waals surface area contributed by atoms with Crippen LogP contribution in [-0.2, 0) is 20.8 Å². The first-order valence-corrected chi connectivity index (χ1v) is 10.3. The number of rotatable bonds is 5. The molecule has 1 saturated heterocycles. The molecule has 2 aliphatic rings. The molecular formula is C19H25N3O4S. The number of hydrazine groups is 1. The van der Waals surface area contributed by atoms with Gasteiger partial charge >= 0.3 is 0 Å². The third kappa shape index (κ3) is 4.05. The summed E-state index contributed by atoms with van der Waals surface area (Å²) in [4.78, 5) is 51.8. The van der Waals surface area contributed by atoms with E-state index in [1.807, 2.05) is 13.8 Å². The number of fused-ring (bicyclic) bond motifs is 1. The standard InChI is InChI=1S/C19H25N3O4S/c1-3-14-11(2)10-15(27-14)17(24)21-20-16(23)8-9-22-18(25)12-6-4-5-7-13(12)19(22)26/h10,12-13H,3-9H2,1-2H3,(H,20,23)(H,21,24)/t12-,13+. The van der Waals surface area contributed by atoms with Crippen LogP contribution in [0.1, 0.15) is 59.1 Å². The van der Waals surface area contributed by atoms with E-state index in [1.165, 1.54) is 16.2 Å². The molecule has 1 aliphatic carbocycles. The van der Waals surface area contributed by atoms with Gasteiger partial charge in [-0.25, -0.2) is 0 Å². The summed E-state index contributed by atoms with van der Waals surface area (Å²) in [6, 6.07) is 1.80. The van der Waals surface area contributed by atoms with Crippen molar-refractivity contribution in [2.24, 2.45) is 11.8 Å². The van der Waals surface area contributed by atoms with Gasteiger partial charge in [0.05, 0.1) is 16.7 Å². The fourth-order valence-electron chi connectivity index (χ4n) is 3.90. The monoisotopic (exact) mass is 391 g/mol. The molecule has 0 radical (unpaired) electrons. The summed E-state index contributed by atoms with van der Waals surface area (Å²) < 4.78 is 0. The fourth-order valence-corrected chi connectivity index (χ4v) is 4.91. The number of nitrogens with one attached hydrogen (secondary N) is 2. The van der Waals surface area contributed by atoms with Gasteiger partial charge in [0.25, 0.3) is 5.91 Å². The van der Waals surface area contributed by atoms with Crippen molar-refractivity contribution in [2.75, 3.05) is 6.54 Å². The number of hydrogen-bond acceptors (Lipinski definition) is 5. The van der Waals surface area contributed by atoms with Crippen LogP contribution in [0.4, 0.5) is 0 Å². The van der Waals surface area contributed by atoms with Crippen LogP contribution in [0.3, 0.4) is 0 Å². The predicted octanol–water partition coefficient (Wildman–Crippen LogP) is 1.95. The van der Waals surface area contributed by atoms with E-state index in [-0.39, 0.29) is 42.5 Å². The lowest BCUT2D eigenvalue weighted by Crippen LogP contribution is -2.43. The summed E-state index contributed by atoms with van der Waals surface area (Å²) >= 11 is 1.40. The Morgan fingerprint density at radius 2 is 1.78 bits per heavy atom. The quantitative estimate of drug-likeness (QED) is 0.592. The van der Waals surface area contributed by atoms with Crippen LogP contribution in [0, 0.1) is 18.8 Å². The van der Waals surface area contributed by atoms with Crippen LogP contribution in [-0.4, -0.2) is 35.1 Å². The Labute approximate surface area is 162 Å². The molecule has 2 heterocycles. The van der Waals surface area contributed by atoms with Crippen molar-refractivity contribution < 1.29 is 19.2 Å². The van der Waals surface area contributed by atoms with Gasteiger partial charge in [-0.3, -0.25) is 34.9 Å². The van der Waals surface area contributed by atoms with Crippen molar-refractivity contribution in [3.63, 3.8) is 0 Å². The molecular weight excluding hydrogens is 366 g/mol. The molecule has 2 atom stereocenters. The van der Waals surface area contributed by atoms with Gasteiger partial charge in [0.2, 0.25) is 17.7 Å². The lowest BCUT2D eigenvalue weighted by Gasteiger charge is -2.19. The van der Waals surface area contributed by atoms with Crippen LogP contribution >= 0.6 is 11.3 Å². The van der Waals surface area contributed by atoms with Crippen molar-refractivity contribution in [3.05, 3.63) is 21.4 Å². The molecule has 27 heavy (non-hydrogen) atoms.